The standard InChI is InChI=1S/C15H24N4O2S/c1-21-10-2-7-19-11-15(4-3-13(19)20)5-8-18(9-6-15)14-17-16-12-22-14/h12H,2-11H2,1H3. The molecule has 1 aromatic rings. The molecule has 6 nitrogen and oxygen atoms in total. The highest BCUT2D eigenvalue weighted by atomic mass is 32.1. The van der Waals surface area contributed by atoms with E-state index in [1.165, 1.54) is 0 Å². The van der Waals surface area contributed by atoms with Crippen LogP contribution in [0.25, 0.3) is 0 Å². The van der Waals surface area contributed by atoms with E-state index in [1.807, 2.05) is 0 Å². The van der Waals surface area contributed by atoms with E-state index in [9.17, 15) is 4.79 Å². The van der Waals surface area contributed by atoms with Gasteiger partial charge >= 0.3 is 0 Å². The summed E-state index contributed by atoms with van der Waals surface area (Å²) in [5.74, 6) is 0.313. The zero-order valence-corrected chi connectivity index (χ0v) is 14.0. The third kappa shape index (κ3) is 3.41. The van der Waals surface area contributed by atoms with E-state index in [0.29, 0.717) is 17.7 Å². The minimum absolute atomic E-state index is 0.308. The molecule has 2 saturated heterocycles. The fraction of sp³-hybridized carbons (Fsp3) is 0.800. The first-order valence-electron chi connectivity index (χ1n) is 8.00. The smallest absolute Gasteiger partial charge is 0.222 e. The zero-order valence-electron chi connectivity index (χ0n) is 13.2. The number of nitrogens with zero attached hydrogens (tertiary/aromatic N) is 4. The molecule has 2 fully saturated rings. The second-order valence-corrected chi connectivity index (χ2v) is 7.18. The number of hydrogen-bond donors (Lipinski definition) is 0. The molecule has 0 saturated carbocycles. The minimum atomic E-state index is 0.308. The van der Waals surface area contributed by atoms with Crippen LogP contribution < -0.4 is 4.90 Å². The van der Waals surface area contributed by atoms with Crippen molar-refractivity contribution in [1.82, 2.24) is 15.1 Å². The topological polar surface area (TPSA) is 58.6 Å². The van der Waals surface area contributed by atoms with Gasteiger partial charge in [-0.25, -0.2) is 0 Å². The maximum absolute atomic E-state index is 12.1. The van der Waals surface area contributed by atoms with E-state index >= 15 is 0 Å². The van der Waals surface area contributed by atoms with Crippen LogP contribution in [0.1, 0.15) is 32.1 Å². The second-order valence-electron chi connectivity index (χ2n) is 6.37. The van der Waals surface area contributed by atoms with Crippen molar-refractivity contribution in [2.75, 3.05) is 44.8 Å². The van der Waals surface area contributed by atoms with Gasteiger partial charge in [0.25, 0.3) is 0 Å². The highest BCUT2D eigenvalue weighted by Gasteiger charge is 2.41. The number of ether oxygens (including phenoxy) is 1. The second kappa shape index (κ2) is 6.91. The van der Waals surface area contributed by atoms with Crippen LogP contribution in [0.15, 0.2) is 5.51 Å². The number of hydrogen-bond acceptors (Lipinski definition) is 6. The Labute approximate surface area is 135 Å². The summed E-state index contributed by atoms with van der Waals surface area (Å²) in [7, 11) is 1.71. The first kappa shape index (κ1) is 15.7. The molecule has 1 amide bonds. The fourth-order valence-electron chi connectivity index (χ4n) is 3.59. The number of amides is 1. The minimum Gasteiger partial charge on any atom is -0.385 e. The van der Waals surface area contributed by atoms with E-state index in [4.69, 9.17) is 4.74 Å². The largest absolute Gasteiger partial charge is 0.385 e. The van der Waals surface area contributed by atoms with Crippen molar-refractivity contribution in [3.63, 3.8) is 0 Å². The van der Waals surface area contributed by atoms with Gasteiger partial charge in [-0.3, -0.25) is 4.79 Å². The van der Waals surface area contributed by atoms with Crippen molar-refractivity contribution in [1.29, 1.82) is 0 Å². The molecule has 7 heteroatoms. The number of aromatic nitrogens is 2. The van der Waals surface area contributed by atoms with Gasteiger partial charge in [0.05, 0.1) is 0 Å². The monoisotopic (exact) mass is 324 g/mol. The summed E-state index contributed by atoms with van der Waals surface area (Å²) in [6.45, 7) is 4.51. The molecule has 0 aliphatic carbocycles. The molecule has 0 radical (unpaired) electrons. The molecule has 3 heterocycles. The first-order chi connectivity index (χ1) is 10.7. The average Bonchev–Trinajstić information content (AvgIpc) is 3.06. The van der Waals surface area contributed by atoms with Gasteiger partial charge in [-0.1, -0.05) is 11.3 Å². The number of rotatable bonds is 5. The average molecular weight is 324 g/mol. The van der Waals surface area contributed by atoms with E-state index < -0.39 is 0 Å². The Bertz CT molecular complexity index is 486. The van der Waals surface area contributed by atoms with Crippen LogP contribution in [-0.4, -0.2) is 60.9 Å². The van der Waals surface area contributed by atoms with Crippen LogP contribution in [0.5, 0.6) is 0 Å². The Morgan fingerprint density at radius 3 is 2.86 bits per heavy atom. The lowest BCUT2D eigenvalue weighted by Gasteiger charge is -2.47. The predicted octanol–water partition coefficient (Wildman–Crippen LogP) is 1.78. The van der Waals surface area contributed by atoms with Crippen molar-refractivity contribution in [3.05, 3.63) is 5.51 Å². The summed E-state index contributed by atoms with van der Waals surface area (Å²) in [5.41, 5.74) is 2.10. The molecule has 0 aromatic carbocycles. The van der Waals surface area contributed by atoms with Gasteiger partial charge in [0.1, 0.15) is 5.51 Å². The normalized spacial score (nSPS) is 21.6. The van der Waals surface area contributed by atoms with Gasteiger partial charge in [0.2, 0.25) is 11.0 Å². The van der Waals surface area contributed by atoms with Gasteiger partial charge in [0.15, 0.2) is 0 Å². The van der Waals surface area contributed by atoms with E-state index in [0.717, 1.165) is 63.6 Å². The van der Waals surface area contributed by atoms with Crippen LogP contribution in [0.2, 0.25) is 0 Å². The SMILES string of the molecule is COCCCN1CC2(CCC1=O)CCN(c1nncs1)CC2. The van der Waals surface area contributed by atoms with Crippen molar-refractivity contribution < 1.29 is 9.53 Å². The molecule has 1 aromatic heterocycles. The lowest BCUT2D eigenvalue weighted by atomic mass is 9.72. The van der Waals surface area contributed by atoms with Crippen molar-refractivity contribution in [3.8, 4) is 0 Å². The number of piperidine rings is 2. The molecular formula is C15H24N4O2S. The van der Waals surface area contributed by atoms with Gasteiger partial charge in [-0.05, 0) is 31.1 Å². The molecule has 0 N–H and O–H groups in total. The van der Waals surface area contributed by atoms with Gasteiger partial charge in [0, 0.05) is 46.3 Å². The lowest BCUT2D eigenvalue weighted by Crippen LogP contribution is -2.51. The molecule has 0 unspecified atom stereocenters. The Balaban J connectivity index is 1.56. The number of carbonyl (C=O) groups excluding carboxylic acids is 1. The van der Waals surface area contributed by atoms with Crippen LogP contribution in [0.4, 0.5) is 5.13 Å². The predicted molar refractivity (Wildman–Crippen MR) is 86.1 cm³/mol. The molecular weight excluding hydrogens is 300 g/mol. The fourth-order valence-corrected chi connectivity index (χ4v) is 4.21. The summed E-state index contributed by atoms with van der Waals surface area (Å²) < 4.78 is 5.10. The Hall–Kier alpha value is -1.21. The van der Waals surface area contributed by atoms with Crippen LogP contribution in [0.3, 0.4) is 0 Å². The van der Waals surface area contributed by atoms with Crippen LogP contribution in [0, 0.1) is 5.41 Å². The maximum Gasteiger partial charge on any atom is 0.222 e. The summed E-state index contributed by atoms with van der Waals surface area (Å²) in [6, 6.07) is 0. The third-order valence-corrected chi connectivity index (χ3v) is 5.72. The molecule has 0 bridgehead atoms. The van der Waals surface area contributed by atoms with Crippen molar-refractivity contribution in [2.24, 2.45) is 5.41 Å². The summed E-state index contributed by atoms with van der Waals surface area (Å²) in [5, 5.41) is 9.12. The summed E-state index contributed by atoms with van der Waals surface area (Å²) in [4.78, 5) is 16.5. The molecule has 0 atom stereocenters. The van der Waals surface area contributed by atoms with Crippen molar-refractivity contribution in [2.45, 2.75) is 32.1 Å². The van der Waals surface area contributed by atoms with Crippen LogP contribution in [-0.2, 0) is 9.53 Å². The molecule has 3 rings (SSSR count). The molecule has 22 heavy (non-hydrogen) atoms. The number of carbonyl (C=O) groups is 1. The Kier molecular flexibility index (Phi) is 4.93. The summed E-state index contributed by atoms with van der Waals surface area (Å²) in [6.07, 6.45) is 4.94. The lowest BCUT2D eigenvalue weighted by molar-refractivity contribution is -0.138. The summed E-state index contributed by atoms with van der Waals surface area (Å²) >= 11 is 1.60. The highest BCUT2D eigenvalue weighted by molar-refractivity contribution is 7.13. The first-order valence-corrected chi connectivity index (χ1v) is 8.88. The van der Waals surface area contributed by atoms with Gasteiger partial charge < -0.3 is 14.5 Å². The maximum atomic E-state index is 12.1. The quantitative estimate of drug-likeness (QED) is 0.773. The van der Waals surface area contributed by atoms with E-state index in [2.05, 4.69) is 20.0 Å². The number of anilines is 1. The third-order valence-electron chi connectivity index (χ3n) is 4.97. The Morgan fingerprint density at radius 1 is 1.36 bits per heavy atom. The molecule has 2 aliphatic heterocycles. The van der Waals surface area contributed by atoms with E-state index in [-0.39, 0.29) is 0 Å². The van der Waals surface area contributed by atoms with Crippen LogP contribution >= 0.6 is 11.3 Å². The van der Waals surface area contributed by atoms with E-state index in [1.54, 1.807) is 24.0 Å². The Morgan fingerprint density at radius 2 is 2.18 bits per heavy atom. The zero-order chi connectivity index (χ0) is 15.4. The van der Waals surface area contributed by atoms with Gasteiger partial charge in [-0.15, -0.1) is 10.2 Å². The number of methoxy groups -OCH3 is 1. The van der Waals surface area contributed by atoms with Gasteiger partial charge in [-0.2, -0.15) is 0 Å². The number of likely N-dealkylation sites (tertiary alicyclic amines) is 1. The molecule has 1 spiro atoms. The molecule has 122 valence electrons. The van der Waals surface area contributed by atoms with Crippen molar-refractivity contribution >= 4 is 22.4 Å². The highest BCUT2D eigenvalue weighted by Crippen LogP contribution is 2.41. The molecule has 2 aliphatic rings.